The van der Waals surface area contributed by atoms with Gasteiger partial charge in [-0.2, -0.15) is 0 Å². The fourth-order valence-electron chi connectivity index (χ4n) is 4.67. The van der Waals surface area contributed by atoms with Crippen LogP contribution in [0.1, 0.15) is 78.6 Å². The second-order valence-electron chi connectivity index (χ2n) is 13.4. The minimum absolute atomic E-state index is 0.0416. The third kappa shape index (κ3) is 33.7. The molecule has 6 atom stereocenters. The van der Waals surface area contributed by atoms with Crippen LogP contribution in [0.15, 0.2) is 12.2 Å². The SMILES string of the molecule is CCC(CO)OC(CO)OC.CCC(CO)OC(COC(=O)CCCC(=O)NCCOCCOCCN1C(=O)C=CC1=O)OC.CCC(CO)OC(COC(=O)CCCC(=O)O)OC. The molecule has 0 saturated heterocycles. The van der Waals surface area contributed by atoms with Gasteiger partial charge in [0.25, 0.3) is 11.8 Å². The first-order valence-electron chi connectivity index (χ1n) is 21.2. The fourth-order valence-corrected chi connectivity index (χ4v) is 4.67. The van der Waals surface area contributed by atoms with E-state index in [0.29, 0.717) is 52.0 Å². The molecule has 64 heavy (non-hydrogen) atoms. The number of amides is 3. The molecule has 23 nitrogen and oxygen atoms in total. The summed E-state index contributed by atoms with van der Waals surface area (Å²) in [6.07, 6.45) is 2.06. The molecule has 0 radical (unpaired) electrons. The van der Waals surface area contributed by atoms with Gasteiger partial charge in [-0.25, -0.2) is 0 Å². The Bertz CT molecular complexity index is 1230. The van der Waals surface area contributed by atoms with Gasteiger partial charge in [0.1, 0.15) is 13.2 Å². The number of carboxylic acids is 1. The number of imide groups is 1. The van der Waals surface area contributed by atoms with Crippen LogP contribution in [0.5, 0.6) is 0 Å². The Labute approximate surface area is 375 Å². The van der Waals surface area contributed by atoms with Crippen LogP contribution in [-0.2, 0) is 76.1 Å². The van der Waals surface area contributed by atoms with Crippen molar-refractivity contribution in [3.63, 3.8) is 0 Å². The molecule has 0 aromatic rings. The number of esters is 2. The largest absolute Gasteiger partial charge is 0.481 e. The molecule has 374 valence electrons. The van der Waals surface area contributed by atoms with Gasteiger partial charge >= 0.3 is 17.9 Å². The Balaban J connectivity index is 0. The molecule has 0 bridgehead atoms. The molecule has 0 aromatic heterocycles. The van der Waals surface area contributed by atoms with E-state index >= 15 is 0 Å². The molecular formula is C41H74N2O21. The maximum Gasteiger partial charge on any atom is 0.305 e. The van der Waals surface area contributed by atoms with Gasteiger partial charge in [0, 0.05) is 65.7 Å². The first-order chi connectivity index (χ1) is 30.7. The highest BCUT2D eigenvalue weighted by molar-refractivity contribution is 6.12. The number of hydrogen-bond acceptors (Lipinski definition) is 20. The summed E-state index contributed by atoms with van der Waals surface area (Å²) < 4.78 is 51.4. The molecule has 0 spiro atoms. The van der Waals surface area contributed by atoms with Crippen LogP contribution in [0.4, 0.5) is 0 Å². The van der Waals surface area contributed by atoms with Crippen molar-refractivity contribution in [1.29, 1.82) is 0 Å². The number of hydrogen-bond donors (Lipinski definition) is 6. The van der Waals surface area contributed by atoms with E-state index in [1.54, 1.807) is 0 Å². The molecule has 0 saturated carbocycles. The summed E-state index contributed by atoms with van der Waals surface area (Å²) in [5, 5.41) is 46.6. The number of nitrogens with one attached hydrogen (secondary N) is 1. The topological polar surface area (TPSA) is 311 Å². The molecule has 23 heteroatoms. The Hall–Kier alpha value is -3.72. The number of carboxylic acid groups (broad SMARTS) is 1. The van der Waals surface area contributed by atoms with Gasteiger partial charge in [-0.05, 0) is 32.1 Å². The lowest BCUT2D eigenvalue weighted by molar-refractivity contribution is -0.194. The quantitative estimate of drug-likeness (QED) is 0.0204. The van der Waals surface area contributed by atoms with Gasteiger partial charge in [0.05, 0.1) is 77.7 Å². The predicted molar refractivity (Wildman–Crippen MR) is 224 cm³/mol. The van der Waals surface area contributed by atoms with Crippen LogP contribution in [0.3, 0.4) is 0 Å². The van der Waals surface area contributed by atoms with E-state index in [0.717, 1.165) is 4.90 Å². The van der Waals surface area contributed by atoms with Crippen molar-refractivity contribution in [2.24, 2.45) is 0 Å². The molecule has 0 aliphatic carbocycles. The molecular weight excluding hydrogens is 856 g/mol. The smallest absolute Gasteiger partial charge is 0.305 e. The summed E-state index contributed by atoms with van der Waals surface area (Å²) in [5.74, 6) is -2.79. The number of rotatable bonds is 37. The van der Waals surface area contributed by atoms with Crippen LogP contribution < -0.4 is 5.32 Å². The summed E-state index contributed by atoms with van der Waals surface area (Å²) >= 11 is 0. The van der Waals surface area contributed by atoms with Gasteiger partial charge in [0.2, 0.25) is 5.91 Å². The number of aliphatic hydroxyl groups excluding tert-OH is 4. The van der Waals surface area contributed by atoms with Gasteiger partial charge in [-0.3, -0.25) is 33.7 Å². The Morgan fingerprint density at radius 1 is 0.594 bits per heavy atom. The summed E-state index contributed by atoms with van der Waals surface area (Å²) in [6, 6.07) is 0. The molecule has 1 aliphatic heterocycles. The minimum Gasteiger partial charge on any atom is -0.481 e. The summed E-state index contributed by atoms with van der Waals surface area (Å²) in [4.78, 5) is 69.0. The molecule has 3 amide bonds. The molecule has 6 unspecified atom stereocenters. The van der Waals surface area contributed by atoms with Gasteiger partial charge < -0.3 is 78.2 Å². The number of carbonyl (C=O) groups is 6. The summed E-state index contributed by atoms with van der Waals surface area (Å²) in [7, 11) is 4.28. The third-order valence-electron chi connectivity index (χ3n) is 8.56. The molecule has 1 heterocycles. The van der Waals surface area contributed by atoms with E-state index in [4.69, 9.17) is 72.9 Å². The highest BCUT2D eigenvalue weighted by Gasteiger charge is 2.23. The maximum atomic E-state index is 11.8. The van der Waals surface area contributed by atoms with E-state index in [9.17, 15) is 28.8 Å². The van der Waals surface area contributed by atoms with Gasteiger partial charge in [0.15, 0.2) is 18.9 Å². The number of methoxy groups -OCH3 is 3. The molecule has 1 aliphatic rings. The Kier molecular flexibility index (Phi) is 40.9. The van der Waals surface area contributed by atoms with Crippen molar-refractivity contribution in [3.8, 4) is 0 Å². The summed E-state index contributed by atoms with van der Waals surface area (Å²) in [5.41, 5.74) is 0. The average molecular weight is 931 g/mol. The van der Waals surface area contributed by atoms with Crippen molar-refractivity contribution in [3.05, 3.63) is 12.2 Å². The molecule has 0 fully saturated rings. The minimum atomic E-state index is -0.945. The third-order valence-corrected chi connectivity index (χ3v) is 8.56. The number of carbonyl (C=O) groups excluding carboxylic acids is 5. The first kappa shape index (κ1) is 62.4. The normalized spacial score (nSPS) is 14.9. The van der Waals surface area contributed by atoms with Crippen molar-refractivity contribution in [1.82, 2.24) is 10.2 Å². The lowest BCUT2D eigenvalue weighted by Gasteiger charge is -2.21. The van der Waals surface area contributed by atoms with Crippen molar-refractivity contribution >= 4 is 35.6 Å². The van der Waals surface area contributed by atoms with Crippen LogP contribution >= 0.6 is 0 Å². The number of aliphatic carboxylic acids is 1. The van der Waals surface area contributed by atoms with E-state index in [1.165, 1.54) is 33.5 Å². The highest BCUT2D eigenvalue weighted by Crippen LogP contribution is 2.08. The lowest BCUT2D eigenvalue weighted by Crippen LogP contribution is -2.33. The van der Waals surface area contributed by atoms with Crippen LogP contribution in [0.25, 0.3) is 0 Å². The molecule has 6 N–H and O–H groups in total. The van der Waals surface area contributed by atoms with Crippen LogP contribution in [0.2, 0.25) is 0 Å². The van der Waals surface area contributed by atoms with Crippen LogP contribution in [0, 0.1) is 0 Å². The number of ether oxygens (including phenoxy) is 10. The first-order valence-corrected chi connectivity index (χ1v) is 21.2. The average Bonchev–Trinajstić information content (AvgIpc) is 3.62. The Morgan fingerprint density at radius 2 is 1.02 bits per heavy atom. The summed E-state index contributed by atoms with van der Waals surface area (Å²) in [6.45, 7) is 6.56. The standard InChI is InChI=1S/C22H36N2O10.C12H22O7.C7H16O4/c1-3-17(15-25)34-22(30-2)16-33-21(29)6-4-5-18(26)23-9-11-31-13-14-32-12-10-24-19(27)7-8-20(24)28;1-3-9(7-13)19-12(17-2)8-18-11(16)6-4-5-10(14)15;1-3-6(4-8)11-7(5-9)10-2/h7-8,17,22,25H,3-6,9-16H2,1-2H3,(H,23,26);9,12-13H,3-8H2,1-2H3,(H,14,15);6-9H,3-5H2,1-2H3. The van der Waals surface area contributed by atoms with Gasteiger partial charge in [-0.1, -0.05) is 20.8 Å². The van der Waals surface area contributed by atoms with Crippen molar-refractivity contribution in [2.75, 3.05) is 100 Å². The Morgan fingerprint density at radius 3 is 1.41 bits per heavy atom. The predicted octanol–water partition coefficient (Wildman–Crippen LogP) is -0.182. The second kappa shape index (κ2) is 41.9. The van der Waals surface area contributed by atoms with Crippen molar-refractivity contribution < 1.29 is 102 Å². The van der Waals surface area contributed by atoms with E-state index in [2.05, 4.69) is 5.32 Å². The maximum absolute atomic E-state index is 11.8. The van der Waals surface area contributed by atoms with Crippen molar-refractivity contribution in [2.45, 2.75) is 116 Å². The van der Waals surface area contributed by atoms with Crippen LogP contribution in [-0.4, -0.2) is 204 Å². The molecule has 1 rings (SSSR count). The second-order valence-corrected chi connectivity index (χ2v) is 13.4. The zero-order valence-electron chi connectivity index (χ0n) is 38.2. The number of nitrogens with zero attached hydrogens (tertiary/aromatic N) is 1. The van der Waals surface area contributed by atoms with E-state index in [1.807, 2.05) is 20.8 Å². The zero-order valence-corrected chi connectivity index (χ0v) is 38.2. The highest BCUT2D eigenvalue weighted by atomic mass is 16.7. The molecule has 0 aromatic carbocycles. The lowest BCUT2D eigenvalue weighted by atomic mass is 10.2. The number of aliphatic hydroxyl groups is 4. The monoisotopic (exact) mass is 930 g/mol. The van der Waals surface area contributed by atoms with E-state index < -0.39 is 36.8 Å². The fraction of sp³-hybridized carbons (Fsp3) is 0.805. The van der Waals surface area contributed by atoms with E-state index in [-0.39, 0.29) is 121 Å². The zero-order chi connectivity index (χ0) is 48.5. The van der Waals surface area contributed by atoms with Gasteiger partial charge in [-0.15, -0.1) is 0 Å².